The zero-order chi connectivity index (χ0) is 26.0. The molecule has 200 valence electrons. The molecule has 7 nitrogen and oxygen atoms in total. The Labute approximate surface area is 218 Å². The normalized spacial score (nSPS) is 15.2. The highest BCUT2D eigenvalue weighted by molar-refractivity contribution is 5.52. The third kappa shape index (κ3) is 11.2. The van der Waals surface area contributed by atoms with E-state index in [-0.39, 0.29) is 6.04 Å². The number of ether oxygens (including phenoxy) is 1. The van der Waals surface area contributed by atoms with Crippen molar-refractivity contribution in [3.05, 3.63) is 34.9 Å². The lowest BCUT2D eigenvalue weighted by molar-refractivity contribution is -0.121. The van der Waals surface area contributed by atoms with Gasteiger partial charge in [-0.15, -0.1) is 0 Å². The van der Waals surface area contributed by atoms with E-state index in [9.17, 15) is 9.59 Å². The first kappa shape index (κ1) is 30.0. The van der Waals surface area contributed by atoms with Crippen molar-refractivity contribution in [2.45, 2.75) is 71.0 Å². The second-order valence-corrected chi connectivity index (χ2v) is 9.64. The van der Waals surface area contributed by atoms with Gasteiger partial charge in [-0.3, -0.25) is 4.79 Å². The lowest BCUT2D eigenvalue weighted by Gasteiger charge is -2.31. The van der Waals surface area contributed by atoms with E-state index in [2.05, 4.69) is 34.4 Å². The minimum Gasteiger partial charge on any atom is -0.380 e. The molecule has 1 aliphatic heterocycles. The molecule has 1 aromatic rings. The Hall–Kier alpha value is -2.24. The fraction of sp³-hybridized carbons (Fsp3) is 0.655. The highest BCUT2D eigenvalue weighted by Crippen LogP contribution is 2.18. The van der Waals surface area contributed by atoms with Gasteiger partial charge < -0.3 is 30.0 Å². The van der Waals surface area contributed by atoms with Gasteiger partial charge in [0.2, 0.25) is 6.41 Å². The minimum atomic E-state index is 0.00964. The molecule has 1 saturated heterocycles. The summed E-state index contributed by atoms with van der Waals surface area (Å²) in [5.41, 5.74) is 3.15. The Balaban J connectivity index is 1.63. The van der Waals surface area contributed by atoms with Gasteiger partial charge in [0.25, 0.3) is 0 Å². The van der Waals surface area contributed by atoms with Gasteiger partial charge in [0.05, 0.1) is 6.61 Å². The molecular formula is C29H46N4O3. The topological polar surface area (TPSA) is 73.9 Å². The van der Waals surface area contributed by atoms with Gasteiger partial charge in [0.1, 0.15) is 6.29 Å². The molecule has 0 radical (unpaired) electrons. The number of rotatable bonds is 17. The van der Waals surface area contributed by atoms with E-state index in [0.29, 0.717) is 25.4 Å². The molecule has 7 heteroatoms. The molecule has 1 aromatic carbocycles. The van der Waals surface area contributed by atoms with E-state index in [4.69, 9.17) is 4.74 Å². The van der Waals surface area contributed by atoms with E-state index in [1.807, 2.05) is 32.0 Å². The monoisotopic (exact) mass is 498 g/mol. The predicted molar refractivity (Wildman–Crippen MR) is 146 cm³/mol. The van der Waals surface area contributed by atoms with Crippen LogP contribution in [0, 0.1) is 18.8 Å². The van der Waals surface area contributed by atoms with Crippen molar-refractivity contribution < 1.29 is 14.3 Å². The molecule has 36 heavy (non-hydrogen) atoms. The summed E-state index contributed by atoms with van der Waals surface area (Å²) in [5, 5.41) is 6.77. The number of likely N-dealkylation sites (tertiary alicyclic amines) is 1. The van der Waals surface area contributed by atoms with Crippen LogP contribution in [-0.2, 0) is 20.9 Å². The van der Waals surface area contributed by atoms with Crippen LogP contribution < -0.4 is 10.6 Å². The molecule has 0 saturated carbocycles. The third-order valence-electron chi connectivity index (χ3n) is 6.99. The lowest BCUT2D eigenvalue weighted by Crippen LogP contribution is -2.41. The average molecular weight is 499 g/mol. The molecule has 2 N–H and O–H groups in total. The van der Waals surface area contributed by atoms with Crippen molar-refractivity contribution in [3.63, 3.8) is 0 Å². The number of carbonyl (C=O) groups excluding carboxylic acids is 2. The van der Waals surface area contributed by atoms with Gasteiger partial charge in [-0.05, 0) is 76.9 Å². The van der Waals surface area contributed by atoms with Crippen LogP contribution in [-0.4, -0.2) is 87.6 Å². The van der Waals surface area contributed by atoms with Crippen LogP contribution in [0.3, 0.4) is 0 Å². The summed E-state index contributed by atoms with van der Waals surface area (Å²) in [7, 11) is 2.06. The summed E-state index contributed by atoms with van der Waals surface area (Å²) < 4.78 is 5.77. The van der Waals surface area contributed by atoms with Crippen LogP contribution in [0.15, 0.2) is 18.2 Å². The van der Waals surface area contributed by atoms with Crippen molar-refractivity contribution in [2.75, 3.05) is 53.0 Å². The average Bonchev–Trinajstić information content (AvgIpc) is 2.90. The maximum Gasteiger partial charge on any atom is 0.210 e. The van der Waals surface area contributed by atoms with Crippen LogP contribution in [0.1, 0.15) is 62.1 Å². The van der Waals surface area contributed by atoms with E-state index in [1.54, 1.807) is 4.90 Å². The van der Waals surface area contributed by atoms with Crippen molar-refractivity contribution >= 4 is 12.7 Å². The van der Waals surface area contributed by atoms with Crippen molar-refractivity contribution in [1.29, 1.82) is 0 Å². The number of amides is 1. The predicted octanol–water partition coefficient (Wildman–Crippen LogP) is 2.74. The molecule has 0 bridgehead atoms. The number of hydrogen-bond donors (Lipinski definition) is 2. The molecule has 2 rings (SSSR count). The Kier molecular flexibility index (Phi) is 15.1. The van der Waals surface area contributed by atoms with Gasteiger partial charge in [-0.2, -0.15) is 0 Å². The highest BCUT2D eigenvalue weighted by Gasteiger charge is 2.17. The van der Waals surface area contributed by atoms with E-state index >= 15 is 0 Å². The molecule has 1 unspecified atom stereocenters. The molecule has 1 aliphatic rings. The van der Waals surface area contributed by atoms with Gasteiger partial charge in [-0.1, -0.05) is 24.0 Å². The molecule has 1 amide bonds. The van der Waals surface area contributed by atoms with Crippen molar-refractivity contribution in [2.24, 2.45) is 0 Å². The van der Waals surface area contributed by atoms with Crippen molar-refractivity contribution in [1.82, 2.24) is 20.4 Å². The summed E-state index contributed by atoms with van der Waals surface area (Å²) in [6.45, 7) is 11.2. The van der Waals surface area contributed by atoms with E-state index in [1.165, 1.54) is 25.9 Å². The number of aldehydes is 1. The van der Waals surface area contributed by atoms with Gasteiger partial charge >= 0.3 is 0 Å². The van der Waals surface area contributed by atoms with Crippen LogP contribution in [0.25, 0.3) is 0 Å². The Bertz CT molecular complexity index is 828. The largest absolute Gasteiger partial charge is 0.380 e. The molecular weight excluding hydrogens is 452 g/mol. The lowest BCUT2D eigenvalue weighted by atomic mass is 10.0. The summed E-state index contributed by atoms with van der Waals surface area (Å²) >= 11 is 0. The molecule has 0 spiro atoms. The summed E-state index contributed by atoms with van der Waals surface area (Å²) in [6.07, 6.45) is 7.23. The molecule has 0 aromatic heterocycles. The fourth-order valence-corrected chi connectivity index (χ4v) is 4.50. The van der Waals surface area contributed by atoms with Gasteiger partial charge in [0.15, 0.2) is 0 Å². The van der Waals surface area contributed by atoms with E-state index < -0.39 is 0 Å². The second kappa shape index (κ2) is 18.1. The molecule has 1 fully saturated rings. The number of hydrogen-bond acceptors (Lipinski definition) is 6. The minimum absolute atomic E-state index is 0.00964. The van der Waals surface area contributed by atoms with Crippen molar-refractivity contribution in [3.8, 4) is 11.8 Å². The number of nitrogens with zero attached hydrogens (tertiary/aromatic N) is 2. The third-order valence-corrected chi connectivity index (χ3v) is 6.99. The first-order valence-electron chi connectivity index (χ1n) is 13.5. The summed E-state index contributed by atoms with van der Waals surface area (Å²) in [6, 6.07) is 6.76. The van der Waals surface area contributed by atoms with Gasteiger partial charge in [0, 0.05) is 63.3 Å². The van der Waals surface area contributed by atoms with Gasteiger partial charge in [-0.25, -0.2) is 0 Å². The van der Waals surface area contributed by atoms with Crippen LogP contribution >= 0.6 is 0 Å². The quantitative estimate of drug-likeness (QED) is 0.196. The Morgan fingerprint density at radius 2 is 2.03 bits per heavy atom. The number of piperidine rings is 1. The number of carbonyl (C=O) groups is 2. The standard InChI is InChI=1S/C29H46N4O3/c1-25-9-6-12-27(29(25)23-33(24-35)26(2)10-7-20-34)11-4-5-15-31-16-22-36-21-8-17-32-18-13-28(30-3)14-19-32/h6,9,12,20,24,26,28,30-31H,5,7-8,10,13-19,21-23H2,1-3H3. The molecule has 1 heterocycles. The maximum atomic E-state index is 11.7. The number of benzene rings is 1. The van der Waals surface area contributed by atoms with Crippen LogP contribution in [0.4, 0.5) is 0 Å². The summed E-state index contributed by atoms with van der Waals surface area (Å²) in [4.78, 5) is 26.6. The Morgan fingerprint density at radius 3 is 2.75 bits per heavy atom. The smallest absolute Gasteiger partial charge is 0.210 e. The highest BCUT2D eigenvalue weighted by atomic mass is 16.5. The van der Waals surface area contributed by atoms with E-state index in [0.717, 1.165) is 75.1 Å². The first-order chi connectivity index (χ1) is 17.6. The van der Waals surface area contributed by atoms with Crippen LogP contribution in [0.5, 0.6) is 0 Å². The first-order valence-corrected chi connectivity index (χ1v) is 13.5. The summed E-state index contributed by atoms with van der Waals surface area (Å²) in [5.74, 6) is 6.56. The SMILES string of the molecule is CNC1CCN(CCCOCCNCCC#Cc2cccc(C)c2CN(C=O)C(C)CCC=O)CC1. The number of nitrogens with one attached hydrogen (secondary N) is 2. The van der Waals surface area contributed by atoms with Crippen LogP contribution in [0.2, 0.25) is 0 Å². The maximum absolute atomic E-state index is 11.7. The molecule has 1 atom stereocenters. The second-order valence-electron chi connectivity index (χ2n) is 9.64. The fourth-order valence-electron chi connectivity index (χ4n) is 4.50. The molecule has 0 aliphatic carbocycles. The Morgan fingerprint density at radius 1 is 1.22 bits per heavy atom. The zero-order valence-electron chi connectivity index (χ0n) is 22.6. The zero-order valence-corrected chi connectivity index (χ0v) is 22.6. The number of aryl methyl sites for hydroxylation is 1.